The molecule has 0 bridgehead atoms. The molecule has 0 saturated heterocycles. The Bertz CT molecular complexity index is 983. The zero-order valence-electron chi connectivity index (χ0n) is 14.9. The van der Waals surface area contributed by atoms with E-state index in [0.717, 1.165) is 12.0 Å². The summed E-state index contributed by atoms with van der Waals surface area (Å²) in [6.45, 7) is 0.571. The van der Waals surface area contributed by atoms with Gasteiger partial charge < -0.3 is 19.8 Å². The van der Waals surface area contributed by atoms with Gasteiger partial charge in [-0.15, -0.1) is 0 Å². The molecule has 2 heterocycles. The summed E-state index contributed by atoms with van der Waals surface area (Å²) in [5.41, 5.74) is 0.363. The number of hydrogen-bond acceptors (Lipinski definition) is 7. The molecule has 2 N–H and O–H groups in total. The Morgan fingerprint density at radius 2 is 2.07 bits per heavy atom. The summed E-state index contributed by atoms with van der Waals surface area (Å²) in [5.74, 6) is -1.18. The maximum absolute atomic E-state index is 12.4. The van der Waals surface area contributed by atoms with Gasteiger partial charge >= 0.3 is 0 Å². The quantitative estimate of drug-likeness (QED) is 0.675. The van der Waals surface area contributed by atoms with Crippen molar-refractivity contribution in [2.45, 2.75) is 6.42 Å². The number of rotatable bonds is 6. The topological polar surface area (TPSA) is 113 Å². The number of likely N-dealkylation sites (N-methyl/N-ethyl adjacent to an activating group) is 1. The van der Waals surface area contributed by atoms with Crippen LogP contribution in [0.4, 0.5) is 11.6 Å². The van der Waals surface area contributed by atoms with E-state index in [-0.39, 0.29) is 11.6 Å². The molecule has 0 aliphatic heterocycles. The molecule has 3 aromatic rings. The number of benzene rings is 1. The first-order chi connectivity index (χ1) is 13.0. The number of carbonyl (C=O) groups excluding carboxylic acids is 1. The highest BCUT2D eigenvalue weighted by molar-refractivity contribution is 6.04. The smallest absolute Gasteiger partial charge is 0.297 e. The van der Waals surface area contributed by atoms with E-state index in [1.807, 2.05) is 30.3 Å². The second-order valence-corrected chi connectivity index (χ2v) is 6.00. The third-order valence-electron chi connectivity index (χ3n) is 4.07. The minimum absolute atomic E-state index is 0.268. The Morgan fingerprint density at radius 1 is 1.33 bits per heavy atom. The van der Waals surface area contributed by atoms with Crippen LogP contribution in [-0.2, 0) is 13.5 Å². The van der Waals surface area contributed by atoms with Crippen molar-refractivity contribution in [3.05, 3.63) is 64.4 Å². The fourth-order valence-corrected chi connectivity index (χ4v) is 2.58. The molecule has 0 fully saturated rings. The van der Waals surface area contributed by atoms with Gasteiger partial charge in [-0.2, -0.15) is 0 Å². The summed E-state index contributed by atoms with van der Waals surface area (Å²) in [5, 5.41) is 16.0. The molecule has 1 aromatic carbocycles. The molecule has 0 radical (unpaired) electrons. The Kier molecular flexibility index (Phi) is 5.20. The molecule has 0 unspecified atom stereocenters. The molecular formula is C18H19N5O4. The van der Waals surface area contributed by atoms with Crippen LogP contribution in [-0.4, -0.2) is 39.3 Å². The number of aromatic nitrogens is 3. The molecule has 0 spiro atoms. The lowest BCUT2D eigenvalue weighted by atomic mass is 10.1. The fourth-order valence-electron chi connectivity index (χ4n) is 2.58. The van der Waals surface area contributed by atoms with Crippen LogP contribution in [0.2, 0.25) is 0 Å². The van der Waals surface area contributed by atoms with Crippen molar-refractivity contribution in [1.82, 2.24) is 14.7 Å². The zero-order chi connectivity index (χ0) is 19.4. The highest BCUT2D eigenvalue weighted by atomic mass is 16.5. The van der Waals surface area contributed by atoms with E-state index in [1.165, 1.54) is 24.1 Å². The monoisotopic (exact) mass is 369 g/mol. The molecule has 0 aliphatic carbocycles. The molecule has 9 nitrogen and oxygen atoms in total. The van der Waals surface area contributed by atoms with Gasteiger partial charge in [0.25, 0.3) is 11.5 Å². The van der Waals surface area contributed by atoms with E-state index in [2.05, 4.69) is 20.0 Å². The highest BCUT2D eigenvalue weighted by Crippen LogP contribution is 2.17. The molecule has 0 aliphatic rings. The van der Waals surface area contributed by atoms with Crippen LogP contribution in [0.25, 0.3) is 0 Å². The average molecular weight is 369 g/mol. The maximum Gasteiger partial charge on any atom is 0.297 e. The first-order valence-electron chi connectivity index (χ1n) is 8.23. The molecular weight excluding hydrogens is 350 g/mol. The molecule has 2 aromatic heterocycles. The van der Waals surface area contributed by atoms with Gasteiger partial charge in [0.15, 0.2) is 5.69 Å². The van der Waals surface area contributed by atoms with Crippen molar-refractivity contribution >= 4 is 17.5 Å². The lowest BCUT2D eigenvalue weighted by Gasteiger charge is -2.21. The zero-order valence-corrected chi connectivity index (χ0v) is 14.9. The standard InChI is InChI=1S/C18H19N5O4/c1-22(9-8-12-6-4-3-5-7-12)18-21-14(15(24)17(26)23(18)2)16(25)20-13-10-19-27-11-13/h3-7,10-11,24H,8-9H2,1-2H3,(H,20,25). The van der Waals surface area contributed by atoms with E-state index in [1.54, 1.807) is 11.9 Å². The molecule has 140 valence electrons. The third kappa shape index (κ3) is 3.97. The van der Waals surface area contributed by atoms with Crippen LogP contribution in [0.5, 0.6) is 5.75 Å². The van der Waals surface area contributed by atoms with Gasteiger partial charge in [-0.3, -0.25) is 14.2 Å². The van der Waals surface area contributed by atoms with E-state index in [0.29, 0.717) is 12.2 Å². The first-order valence-corrected chi connectivity index (χ1v) is 8.23. The lowest BCUT2D eigenvalue weighted by Crippen LogP contribution is -2.32. The van der Waals surface area contributed by atoms with Gasteiger partial charge in [-0.25, -0.2) is 4.98 Å². The highest BCUT2D eigenvalue weighted by Gasteiger charge is 2.22. The Morgan fingerprint density at radius 3 is 2.74 bits per heavy atom. The summed E-state index contributed by atoms with van der Waals surface area (Å²) < 4.78 is 5.84. The number of anilines is 2. The van der Waals surface area contributed by atoms with E-state index < -0.39 is 17.2 Å². The molecule has 0 atom stereocenters. The average Bonchev–Trinajstić information content (AvgIpc) is 3.18. The van der Waals surface area contributed by atoms with Gasteiger partial charge in [0, 0.05) is 20.6 Å². The van der Waals surface area contributed by atoms with Crippen molar-refractivity contribution in [2.24, 2.45) is 7.05 Å². The SMILES string of the molecule is CN(CCc1ccccc1)c1nc(C(=O)Nc2cnoc2)c(O)c(=O)n1C. The predicted octanol–water partition coefficient (Wildman–Crippen LogP) is 1.41. The summed E-state index contributed by atoms with van der Waals surface area (Å²) in [6, 6.07) is 9.87. The van der Waals surface area contributed by atoms with Crippen LogP contribution >= 0.6 is 0 Å². The largest absolute Gasteiger partial charge is 0.501 e. The predicted molar refractivity (Wildman–Crippen MR) is 99.0 cm³/mol. The van der Waals surface area contributed by atoms with Gasteiger partial charge in [0.2, 0.25) is 11.7 Å². The van der Waals surface area contributed by atoms with Crippen molar-refractivity contribution in [3.63, 3.8) is 0 Å². The van der Waals surface area contributed by atoms with Crippen molar-refractivity contribution in [1.29, 1.82) is 0 Å². The Balaban J connectivity index is 1.85. The molecule has 9 heteroatoms. The van der Waals surface area contributed by atoms with E-state index in [4.69, 9.17) is 0 Å². The molecule has 3 rings (SSSR count). The molecule has 0 saturated carbocycles. The number of aromatic hydroxyl groups is 1. The molecule has 27 heavy (non-hydrogen) atoms. The number of nitrogens with one attached hydrogen (secondary N) is 1. The van der Waals surface area contributed by atoms with Crippen molar-refractivity contribution in [2.75, 3.05) is 23.8 Å². The van der Waals surface area contributed by atoms with Gasteiger partial charge in [-0.05, 0) is 12.0 Å². The Hall–Kier alpha value is -3.62. The van der Waals surface area contributed by atoms with Crippen LogP contribution in [0.15, 0.2) is 52.1 Å². The normalized spacial score (nSPS) is 10.6. The molecule has 1 amide bonds. The minimum Gasteiger partial charge on any atom is -0.501 e. The second kappa shape index (κ2) is 7.73. The van der Waals surface area contributed by atoms with Gasteiger partial charge in [0.1, 0.15) is 12.0 Å². The van der Waals surface area contributed by atoms with Crippen molar-refractivity contribution in [3.8, 4) is 5.75 Å². The lowest BCUT2D eigenvalue weighted by molar-refractivity contribution is 0.101. The van der Waals surface area contributed by atoms with Crippen molar-refractivity contribution < 1.29 is 14.4 Å². The summed E-state index contributed by atoms with van der Waals surface area (Å²) in [6.07, 6.45) is 3.25. The van der Waals surface area contributed by atoms with E-state index in [9.17, 15) is 14.7 Å². The number of hydrogen-bond donors (Lipinski definition) is 2. The van der Waals surface area contributed by atoms with Crippen LogP contribution in [0.3, 0.4) is 0 Å². The van der Waals surface area contributed by atoms with Crippen LogP contribution in [0, 0.1) is 0 Å². The number of nitrogens with zero attached hydrogens (tertiary/aromatic N) is 4. The van der Waals surface area contributed by atoms with Gasteiger partial charge in [-0.1, -0.05) is 35.5 Å². The van der Waals surface area contributed by atoms with Crippen LogP contribution in [0.1, 0.15) is 16.1 Å². The second-order valence-electron chi connectivity index (χ2n) is 6.00. The maximum atomic E-state index is 12.4. The minimum atomic E-state index is -0.730. The fraction of sp³-hybridized carbons (Fsp3) is 0.222. The van der Waals surface area contributed by atoms with E-state index >= 15 is 0 Å². The Labute approximate surface area is 154 Å². The third-order valence-corrected chi connectivity index (χ3v) is 4.07. The number of carbonyl (C=O) groups is 1. The first kappa shape index (κ1) is 18.2. The van der Waals surface area contributed by atoms with Crippen LogP contribution < -0.4 is 15.8 Å². The summed E-state index contributed by atoms with van der Waals surface area (Å²) >= 11 is 0. The van der Waals surface area contributed by atoms with Gasteiger partial charge in [0.05, 0.1) is 6.20 Å². The number of amides is 1. The summed E-state index contributed by atoms with van der Waals surface area (Å²) in [4.78, 5) is 30.7. The summed E-state index contributed by atoms with van der Waals surface area (Å²) in [7, 11) is 3.26.